The van der Waals surface area contributed by atoms with Crippen LogP contribution in [0.3, 0.4) is 0 Å². The SMILES string of the molecule is CCN(CCNC(=O)c1c(C)[nH]c2ccccc12)C(=O)OC(C)(C)C. The molecule has 2 aromatic rings. The van der Waals surface area contributed by atoms with E-state index in [1.165, 1.54) is 0 Å². The quantitative estimate of drug-likeness (QED) is 0.871. The molecule has 0 radical (unpaired) electrons. The molecule has 136 valence electrons. The van der Waals surface area contributed by atoms with Gasteiger partial charge in [0.1, 0.15) is 5.60 Å². The maximum Gasteiger partial charge on any atom is 0.410 e. The number of hydrogen-bond acceptors (Lipinski definition) is 3. The number of fused-ring (bicyclic) bond motifs is 1. The molecule has 0 aliphatic rings. The van der Waals surface area contributed by atoms with Crippen LogP contribution in [0.5, 0.6) is 0 Å². The fourth-order valence-electron chi connectivity index (χ4n) is 2.67. The number of carbonyl (C=O) groups is 2. The lowest BCUT2D eigenvalue weighted by Crippen LogP contribution is -2.41. The molecule has 0 aliphatic carbocycles. The Bertz CT molecular complexity index is 759. The molecule has 2 amide bonds. The number of nitrogens with one attached hydrogen (secondary N) is 2. The summed E-state index contributed by atoms with van der Waals surface area (Å²) in [6, 6.07) is 7.71. The van der Waals surface area contributed by atoms with Gasteiger partial charge in [-0.3, -0.25) is 4.79 Å². The van der Waals surface area contributed by atoms with Crippen LogP contribution in [-0.2, 0) is 4.74 Å². The number of H-pyrrole nitrogens is 1. The monoisotopic (exact) mass is 345 g/mol. The van der Waals surface area contributed by atoms with Gasteiger partial charge in [0, 0.05) is 36.2 Å². The highest BCUT2D eigenvalue weighted by Crippen LogP contribution is 2.21. The van der Waals surface area contributed by atoms with Gasteiger partial charge in [-0.2, -0.15) is 0 Å². The van der Waals surface area contributed by atoms with Crippen LogP contribution >= 0.6 is 0 Å². The second-order valence-corrected chi connectivity index (χ2v) is 6.99. The molecule has 2 rings (SSSR count). The summed E-state index contributed by atoms with van der Waals surface area (Å²) < 4.78 is 5.37. The summed E-state index contributed by atoms with van der Waals surface area (Å²) in [6.07, 6.45) is -0.368. The molecule has 2 N–H and O–H groups in total. The van der Waals surface area contributed by atoms with E-state index < -0.39 is 5.60 Å². The van der Waals surface area contributed by atoms with Crippen molar-refractivity contribution in [2.45, 2.75) is 40.2 Å². The number of para-hydroxylation sites is 1. The van der Waals surface area contributed by atoms with Crippen molar-refractivity contribution in [2.24, 2.45) is 0 Å². The van der Waals surface area contributed by atoms with Crippen molar-refractivity contribution in [1.29, 1.82) is 0 Å². The maximum atomic E-state index is 12.5. The van der Waals surface area contributed by atoms with Crippen LogP contribution in [0.1, 0.15) is 43.7 Å². The van der Waals surface area contributed by atoms with E-state index in [0.29, 0.717) is 25.2 Å². The number of likely N-dealkylation sites (N-methyl/N-ethyl adjacent to an activating group) is 1. The number of aromatic amines is 1. The highest BCUT2D eigenvalue weighted by molar-refractivity contribution is 6.08. The number of benzene rings is 1. The van der Waals surface area contributed by atoms with E-state index in [1.54, 1.807) is 4.90 Å². The van der Waals surface area contributed by atoms with E-state index in [2.05, 4.69) is 10.3 Å². The van der Waals surface area contributed by atoms with Crippen LogP contribution in [0, 0.1) is 6.92 Å². The Kier molecular flexibility index (Phi) is 5.72. The van der Waals surface area contributed by atoms with E-state index in [-0.39, 0.29) is 12.0 Å². The molecular formula is C19H27N3O3. The van der Waals surface area contributed by atoms with Gasteiger partial charge >= 0.3 is 6.09 Å². The van der Waals surface area contributed by atoms with Crippen molar-refractivity contribution < 1.29 is 14.3 Å². The zero-order chi connectivity index (χ0) is 18.6. The fourth-order valence-corrected chi connectivity index (χ4v) is 2.67. The highest BCUT2D eigenvalue weighted by atomic mass is 16.6. The molecule has 1 heterocycles. The molecule has 1 aromatic heterocycles. The van der Waals surface area contributed by atoms with Gasteiger partial charge in [0.05, 0.1) is 5.56 Å². The molecule has 0 bridgehead atoms. The summed E-state index contributed by atoms with van der Waals surface area (Å²) in [7, 11) is 0. The minimum Gasteiger partial charge on any atom is -0.444 e. The second kappa shape index (κ2) is 7.59. The lowest BCUT2D eigenvalue weighted by molar-refractivity contribution is 0.0261. The van der Waals surface area contributed by atoms with E-state index in [4.69, 9.17) is 4.74 Å². The Labute approximate surface area is 148 Å². The predicted molar refractivity (Wildman–Crippen MR) is 98.8 cm³/mol. The van der Waals surface area contributed by atoms with Gasteiger partial charge in [-0.15, -0.1) is 0 Å². The van der Waals surface area contributed by atoms with E-state index in [1.807, 2.05) is 58.9 Å². The summed E-state index contributed by atoms with van der Waals surface area (Å²) in [5.41, 5.74) is 1.89. The van der Waals surface area contributed by atoms with Gasteiger partial charge in [0.25, 0.3) is 5.91 Å². The normalized spacial score (nSPS) is 11.4. The number of hydrogen-bond donors (Lipinski definition) is 2. The fraction of sp³-hybridized carbons (Fsp3) is 0.474. The largest absolute Gasteiger partial charge is 0.444 e. The average molecular weight is 345 g/mol. The highest BCUT2D eigenvalue weighted by Gasteiger charge is 2.21. The van der Waals surface area contributed by atoms with Crippen LogP contribution in [-0.4, -0.2) is 47.1 Å². The lowest BCUT2D eigenvalue weighted by Gasteiger charge is -2.26. The van der Waals surface area contributed by atoms with Gasteiger partial charge < -0.3 is 19.9 Å². The molecule has 6 nitrogen and oxygen atoms in total. The van der Waals surface area contributed by atoms with Crippen LogP contribution < -0.4 is 5.32 Å². The van der Waals surface area contributed by atoms with Crippen LogP contribution in [0.15, 0.2) is 24.3 Å². The molecule has 0 fully saturated rings. The van der Waals surface area contributed by atoms with Crippen LogP contribution in [0.25, 0.3) is 10.9 Å². The van der Waals surface area contributed by atoms with Crippen molar-refractivity contribution in [3.05, 3.63) is 35.5 Å². The smallest absolute Gasteiger partial charge is 0.410 e. The summed E-state index contributed by atoms with van der Waals surface area (Å²) in [5.74, 6) is -0.143. The molecule has 0 unspecified atom stereocenters. The Hall–Kier alpha value is -2.50. The first-order chi connectivity index (χ1) is 11.7. The first-order valence-corrected chi connectivity index (χ1v) is 8.56. The molecular weight excluding hydrogens is 318 g/mol. The average Bonchev–Trinajstić information content (AvgIpc) is 2.85. The maximum absolute atomic E-state index is 12.5. The number of aryl methyl sites for hydroxylation is 1. The van der Waals surface area contributed by atoms with E-state index in [0.717, 1.165) is 16.6 Å². The summed E-state index contributed by atoms with van der Waals surface area (Å²) in [4.78, 5) is 29.4. The van der Waals surface area contributed by atoms with Crippen molar-refractivity contribution >= 4 is 22.9 Å². The van der Waals surface area contributed by atoms with E-state index >= 15 is 0 Å². The predicted octanol–water partition coefficient (Wildman–Crippen LogP) is 3.46. The van der Waals surface area contributed by atoms with Crippen molar-refractivity contribution in [3.8, 4) is 0 Å². The third kappa shape index (κ3) is 4.75. The Morgan fingerprint density at radius 3 is 2.56 bits per heavy atom. The lowest BCUT2D eigenvalue weighted by atomic mass is 10.1. The van der Waals surface area contributed by atoms with Gasteiger partial charge in [-0.05, 0) is 40.7 Å². The minimum atomic E-state index is -0.533. The molecule has 0 saturated heterocycles. The molecule has 0 atom stereocenters. The van der Waals surface area contributed by atoms with E-state index in [9.17, 15) is 9.59 Å². The number of carbonyl (C=O) groups excluding carboxylic acids is 2. The first kappa shape index (κ1) is 18.8. The summed E-state index contributed by atoms with van der Waals surface area (Å²) >= 11 is 0. The third-order valence-corrected chi connectivity index (χ3v) is 3.82. The Balaban J connectivity index is 1.97. The zero-order valence-corrected chi connectivity index (χ0v) is 15.6. The van der Waals surface area contributed by atoms with Gasteiger partial charge in [0.15, 0.2) is 0 Å². The minimum absolute atomic E-state index is 0.143. The van der Waals surface area contributed by atoms with Crippen LogP contribution in [0.4, 0.5) is 4.79 Å². The molecule has 6 heteroatoms. The summed E-state index contributed by atoms with van der Waals surface area (Å²) in [6.45, 7) is 10.6. The van der Waals surface area contributed by atoms with Gasteiger partial charge in [-0.25, -0.2) is 4.79 Å². The topological polar surface area (TPSA) is 74.4 Å². The Morgan fingerprint density at radius 2 is 1.92 bits per heavy atom. The molecule has 0 saturated carbocycles. The first-order valence-electron chi connectivity index (χ1n) is 8.56. The standard InChI is InChI=1S/C19H27N3O3/c1-6-22(18(24)25-19(3,4)5)12-11-20-17(23)16-13(2)21-15-10-8-7-9-14(15)16/h7-10,21H,6,11-12H2,1-5H3,(H,20,23). The summed E-state index contributed by atoms with van der Waals surface area (Å²) in [5, 5.41) is 3.79. The second-order valence-electron chi connectivity index (χ2n) is 6.99. The number of amides is 2. The van der Waals surface area contributed by atoms with Crippen LogP contribution in [0.2, 0.25) is 0 Å². The molecule has 0 aliphatic heterocycles. The number of ether oxygens (including phenoxy) is 1. The Morgan fingerprint density at radius 1 is 1.24 bits per heavy atom. The van der Waals surface area contributed by atoms with Gasteiger partial charge in [0.2, 0.25) is 0 Å². The van der Waals surface area contributed by atoms with Crippen molar-refractivity contribution in [1.82, 2.24) is 15.2 Å². The molecule has 1 aromatic carbocycles. The number of aromatic nitrogens is 1. The number of nitrogens with zero attached hydrogens (tertiary/aromatic N) is 1. The van der Waals surface area contributed by atoms with Gasteiger partial charge in [-0.1, -0.05) is 18.2 Å². The van der Waals surface area contributed by atoms with Crippen molar-refractivity contribution in [3.63, 3.8) is 0 Å². The zero-order valence-electron chi connectivity index (χ0n) is 15.6. The van der Waals surface area contributed by atoms with Crippen molar-refractivity contribution in [2.75, 3.05) is 19.6 Å². The number of rotatable bonds is 5. The molecule has 25 heavy (non-hydrogen) atoms. The molecule has 0 spiro atoms. The third-order valence-electron chi connectivity index (χ3n) is 3.82.